The Bertz CT molecular complexity index is 829. The van der Waals surface area contributed by atoms with E-state index in [9.17, 15) is 0 Å². The summed E-state index contributed by atoms with van der Waals surface area (Å²) in [6, 6.07) is 15.0. The smallest absolute Gasteiger partial charge is 0.175 e. The lowest BCUT2D eigenvalue weighted by atomic mass is 10.2. The number of aromatic nitrogens is 2. The van der Waals surface area contributed by atoms with Crippen molar-refractivity contribution in [2.24, 2.45) is 0 Å². The van der Waals surface area contributed by atoms with Crippen LogP contribution < -0.4 is 10.6 Å². The Kier molecular flexibility index (Phi) is 5.35. The van der Waals surface area contributed by atoms with Crippen LogP contribution in [0.3, 0.4) is 0 Å². The molecule has 3 rings (SSSR count). The second-order valence-corrected chi connectivity index (χ2v) is 6.42. The van der Waals surface area contributed by atoms with Crippen molar-refractivity contribution in [2.45, 2.75) is 6.54 Å². The summed E-state index contributed by atoms with van der Waals surface area (Å²) in [5.41, 5.74) is 2.80. The zero-order valence-electron chi connectivity index (χ0n) is 12.5. The molecule has 0 saturated heterocycles. The lowest BCUT2D eigenvalue weighted by molar-refractivity contribution is 0.687. The van der Waals surface area contributed by atoms with Crippen LogP contribution in [0.15, 0.2) is 60.9 Å². The van der Waals surface area contributed by atoms with Crippen molar-refractivity contribution in [2.75, 3.05) is 10.6 Å². The molecule has 0 amide bonds. The molecule has 0 saturated carbocycles. The van der Waals surface area contributed by atoms with Gasteiger partial charge in [0.15, 0.2) is 5.11 Å². The van der Waals surface area contributed by atoms with Gasteiger partial charge in [-0.1, -0.05) is 35.3 Å². The second-order valence-electron chi connectivity index (χ2n) is 5.14. The van der Waals surface area contributed by atoms with Gasteiger partial charge in [0.2, 0.25) is 0 Å². The van der Waals surface area contributed by atoms with Crippen LogP contribution in [0.2, 0.25) is 10.0 Å². The predicted molar refractivity (Wildman–Crippen MR) is 104 cm³/mol. The van der Waals surface area contributed by atoms with Gasteiger partial charge < -0.3 is 10.6 Å². The number of rotatable bonds is 4. The molecule has 24 heavy (non-hydrogen) atoms. The molecule has 0 aliphatic carbocycles. The SMILES string of the molecule is S=C(Nc1ccc(Cl)cc1)Nc1cnn(Cc2ccc(Cl)cc2)c1. The van der Waals surface area contributed by atoms with E-state index >= 15 is 0 Å². The molecule has 4 nitrogen and oxygen atoms in total. The number of benzene rings is 2. The molecule has 1 heterocycles. The molecule has 0 radical (unpaired) electrons. The van der Waals surface area contributed by atoms with Gasteiger partial charge in [-0.3, -0.25) is 4.68 Å². The monoisotopic (exact) mass is 376 g/mol. The Morgan fingerprint density at radius 2 is 1.50 bits per heavy atom. The molecule has 0 unspecified atom stereocenters. The van der Waals surface area contributed by atoms with E-state index in [1.54, 1.807) is 18.3 Å². The summed E-state index contributed by atoms with van der Waals surface area (Å²) >= 11 is 17.0. The summed E-state index contributed by atoms with van der Waals surface area (Å²) in [5.74, 6) is 0. The first-order valence-corrected chi connectivity index (χ1v) is 8.35. The highest BCUT2D eigenvalue weighted by Gasteiger charge is 2.03. The first-order valence-electron chi connectivity index (χ1n) is 7.19. The van der Waals surface area contributed by atoms with E-state index in [-0.39, 0.29) is 0 Å². The average Bonchev–Trinajstić information content (AvgIpc) is 2.99. The van der Waals surface area contributed by atoms with E-state index in [1.807, 2.05) is 47.3 Å². The van der Waals surface area contributed by atoms with Crippen molar-refractivity contribution in [3.05, 3.63) is 76.5 Å². The Morgan fingerprint density at radius 3 is 2.17 bits per heavy atom. The summed E-state index contributed by atoms with van der Waals surface area (Å²) in [7, 11) is 0. The first kappa shape index (κ1) is 16.8. The maximum Gasteiger partial charge on any atom is 0.175 e. The second kappa shape index (κ2) is 7.66. The van der Waals surface area contributed by atoms with Crippen LogP contribution in [0, 0.1) is 0 Å². The molecule has 2 N–H and O–H groups in total. The quantitative estimate of drug-likeness (QED) is 0.625. The fourth-order valence-corrected chi connectivity index (χ4v) is 2.61. The summed E-state index contributed by atoms with van der Waals surface area (Å²) < 4.78 is 1.83. The third-order valence-corrected chi connectivity index (χ3v) is 3.96. The Hall–Kier alpha value is -2.08. The van der Waals surface area contributed by atoms with E-state index in [0.717, 1.165) is 22.0 Å². The molecule has 0 fully saturated rings. The number of anilines is 2. The van der Waals surface area contributed by atoms with E-state index < -0.39 is 0 Å². The summed E-state index contributed by atoms with van der Waals surface area (Å²) in [4.78, 5) is 0. The fraction of sp³-hybridized carbons (Fsp3) is 0.0588. The molecule has 0 spiro atoms. The third kappa shape index (κ3) is 4.71. The highest BCUT2D eigenvalue weighted by Crippen LogP contribution is 2.15. The van der Waals surface area contributed by atoms with Gasteiger partial charge >= 0.3 is 0 Å². The average molecular weight is 377 g/mol. The van der Waals surface area contributed by atoms with Crippen molar-refractivity contribution in [1.29, 1.82) is 0 Å². The molecule has 2 aromatic carbocycles. The normalized spacial score (nSPS) is 10.4. The van der Waals surface area contributed by atoms with E-state index in [4.69, 9.17) is 35.4 Å². The highest BCUT2D eigenvalue weighted by atomic mass is 35.5. The maximum absolute atomic E-state index is 5.89. The number of halogens is 2. The molecule has 0 aliphatic heterocycles. The van der Waals surface area contributed by atoms with Crippen LogP contribution in [-0.4, -0.2) is 14.9 Å². The van der Waals surface area contributed by atoms with Gasteiger partial charge in [0.1, 0.15) is 0 Å². The highest BCUT2D eigenvalue weighted by molar-refractivity contribution is 7.80. The van der Waals surface area contributed by atoms with E-state index in [2.05, 4.69) is 15.7 Å². The lowest BCUT2D eigenvalue weighted by Crippen LogP contribution is -2.18. The van der Waals surface area contributed by atoms with Crippen LogP contribution in [0.25, 0.3) is 0 Å². The van der Waals surface area contributed by atoms with Gasteiger partial charge in [-0.25, -0.2) is 0 Å². The van der Waals surface area contributed by atoms with Gasteiger partial charge in [0.25, 0.3) is 0 Å². The first-order chi connectivity index (χ1) is 11.6. The van der Waals surface area contributed by atoms with Crippen LogP contribution in [-0.2, 0) is 6.54 Å². The van der Waals surface area contributed by atoms with Crippen LogP contribution >= 0.6 is 35.4 Å². The standard InChI is InChI=1S/C17H14Cl2N4S/c18-13-3-1-12(2-4-13)10-23-11-16(9-20-23)22-17(24)21-15-7-5-14(19)6-8-15/h1-9,11H,10H2,(H2,21,22,24). The van der Waals surface area contributed by atoms with Gasteiger partial charge in [-0.2, -0.15) is 5.10 Å². The topological polar surface area (TPSA) is 41.9 Å². The van der Waals surface area contributed by atoms with Crippen molar-refractivity contribution in [3.8, 4) is 0 Å². The van der Waals surface area contributed by atoms with Crippen LogP contribution in [0.4, 0.5) is 11.4 Å². The number of nitrogens with zero attached hydrogens (tertiary/aromatic N) is 2. The zero-order valence-corrected chi connectivity index (χ0v) is 14.9. The zero-order chi connectivity index (χ0) is 16.9. The van der Waals surface area contributed by atoms with Gasteiger partial charge in [0, 0.05) is 21.9 Å². The minimum absolute atomic E-state index is 0.489. The minimum Gasteiger partial charge on any atom is -0.332 e. The summed E-state index contributed by atoms with van der Waals surface area (Å²) in [6.07, 6.45) is 3.62. The lowest BCUT2D eigenvalue weighted by Gasteiger charge is -2.08. The summed E-state index contributed by atoms with van der Waals surface area (Å²) in [6.45, 7) is 0.663. The summed E-state index contributed by atoms with van der Waals surface area (Å²) in [5, 5.41) is 12.4. The van der Waals surface area contributed by atoms with Gasteiger partial charge in [-0.05, 0) is 54.2 Å². The van der Waals surface area contributed by atoms with Crippen molar-refractivity contribution < 1.29 is 0 Å². The molecule has 0 aliphatic rings. The number of hydrogen-bond acceptors (Lipinski definition) is 2. The molecule has 0 atom stereocenters. The number of thiocarbonyl (C=S) groups is 1. The predicted octanol–water partition coefficient (Wildman–Crippen LogP) is 5.05. The van der Waals surface area contributed by atoms with Gasteiger partial charge in [0.05, 0.1) is 18.4 Å². The van der Waals surface area contributed by atoms with Gasteiger partial charge in [-0.15, -0.1) is 0 Å². The Balaban J connectivity index is 1.58. The van der Waals surface area contributed by atoms with E-state index in [1.165, 1.54) is 0 Å². The van der Waals surface area contributed by atoms with Crippen molar-refractivity contribution in [1.82, 2.24) is 9.78 Å². The molecule has 3 aromatic rings. The Labute approximate surface area is 155 Å². The maximum atomic E-state index is 5.89. The number of hydrogen-bond donors (Lipinski definition) is 2. The Morgan fingerprint density at radius 1 is 0.917 bits per heavy atom. The molecule has 122 valence electrons. The largest absolute Gasteiger partial charge is 0.332 e. The molecular weight excluding hydrogens is 363 g/mol. The van der Waals surface area contributed by atoms with Crippen LogP contribution in [0.5, 0.6) is 0 Å². The number of nitrogens with one attached hydrogen (secondary N) is 2. The van der Waals surface area contributed by atoms with E-state index in [0.29, 0.717) is 16.7 Å². The van der Waals surface area contributed by atoms with Crippen molar-refractivity contribution >= 4 is 51.9 Å². The fourth-order valence-electron chi connectivity index (χ4n) is 2.12. The molecule has 7 heteroatoms. The van der Waals surface area contributed by atoms with Crippen LogP contribution in [0.1, 0.15) is 5.56 Å². The third-order valence-electron chi connectivity index (χ3n) is 3.25. The minimum atomic E-state index is 0.489. The molecule has 1 aromatic heterocycles. The molecular formula is C17H14Cl2N4S. The molecule has 0 bridgehead atoms. The van der Waals surface area contributed by atoms with Crippen molar-refractivity contribution in [3.63, 3.8) is 0 Å².